The van der Waals surface area contributed by atoms with E-state index in [1.54, 1.807) is 10.4 Å². The predicted molar refractivity (Wildman–Crippen MR) is 90.8 cm³/mol. The van der Waals surface area contributed by atoms with Crippen molar-refractivity contribution in [1.82, 2.24) is 4.31 Å². The summed E-state index contributed by atoms with van der Waals surface area (Å²) in [6.45, 7) is 8.13. The Morgan fingerprint density at radius 1 is 1.29 bits per heavy atom. The maximum Gasteiger partial charge on any atom is 0.252 e. The van der Waals surface area contributed by atoms with Gasteiger partial charge in [0.2, 0.25) is 0 Å². The first-order chi connectivity index (χ1) is 9.25. The lowest BCUT2D eigenvalue weighted by Crippen LogP contribution is -2.39. The van der Waals surface area contributed by atoms with Crippen LogP contribution in [0.1, 0.15) is 38.5 Å². The van der Waals surface area contributed by atoms with Gasteiger partial charge in [0, 0.05) is 18.0 Å². The van der Waals surface area contributed by atoms with Gasteiger partial charge >= 0.3 is 0 Å². The van der Waals surface area contributed by atoms with E-state index in [4.69, 9.17) is 5.73 Å². The van der Waals surface area contributed by atoms with E-state index in [0.29, 0.717) is 29.8 Å². The van der Waals surface area contributed by atoms with Crippen molar-refractivity contribution in [1.29, 1.82) is 0 Å². The molecule has 0 bridgehead atoms. The lowest BCUT2D eigenvalue weighted by atomic mass is 9.95. The van der Waals surface area contributed by atoms with E-state index in [9.17, 15) is 8.42 Å². The van der Waals surface area contributed by atoms with Crippen LogP contribution < -0.4 is 5.73 Å². The molecule has 0 amide bonds. The van der Waals surface area contributed by atoms with Gasteiger partial charge in [-0.15, -0.1) is 23.7 Å². The Kier molecular flexibility index (Phi) is 6.27. The number of hydrogen-bond acceptors (Lipinski definition) is 4. The molecule has 1 fully saturated rings. The van der Waals surface area contributed by atoms with E-state index in [0.717, 1.165) is 17.7 Å². The van der Waals surface area contributed by atoms with Gasteiger partial charge in [-0.25, -0.2) is 8.42 Å². The minimum atomic E-state index is -3.32. The molecule has 1 aliphatic heterocycles. The lowest BCUT2D eigenvalue weighted by Gasteiger charge is -2.30. The molecule has 1 saturated heterocycles. The molecular weight excluding hydrogens is 328 g/mol. The van der Waals surface area contributed by atoms with E-state index in [1.807, 2.05) is 6.07 Å². The molecule has 0 saturated carbocycles. The van der Waals surface area contributed by atoms with Crippen molar-refractivity contribution < 1.29 is 8.42 Å². The maximum absolute atomic E-state index is 12.6. The van der Waals surface area contributed by atoms with E-state index in [2.05, 4.69) is 20.8 Å². The van der Waals surface area contributed by atoms with Crippen molar-refractivity contribution in [3.05, 3.63) is 17.0 Å². The fourth-order valence-electron chi connectivity index (χ4n) is 2.37. The minimum Gasteiger partial charge on any atom is -0.330 e. The lowest BCUT2D eigenvalue weighted by molar-refractivity contribution is 0.279. The summed E-state index contributed by atoms with van der Waals surface area (Å²) in [4.78, 5) is 1.10. The number of piperidine rings is 1. The quantitative estimate of drug-likeness (QED) is 0.909. The summed E-state index contributed by atoms with van der Waals surface area (Å²) in [5, 5.41) is 0. The molecule has 122 valence electrons. The normalized spacial score (nSPS) is 18.5. The van der Waals surface area contributed by atoms with Gasteiger partial charge in [-0.2, -0.15) is 4.31 Å². The number of nitrogens with zero attached hydrogens (tertiary/aromatic N) is 1. The average Bonchev–Trinajstić information content (AvgIpc) is 2.89. The highest BCUT2D eigenvalue weighted by molar-refractivity contribution is 7.91. The van der Waals surface area contributed by atoms with Crippen LogP contribution in [0.3, 0.4) is 0 Å². The first-order valence-corrected chi connectivity index (χ1v) is 9.31. The van der Waals surface area contributed by atoms with Crippen LogP contribution in [0.4, 0.5) is 0 Å². The van der Waals surface area contributed by atoms with Crippen LogP contribution in [0.15, 0.2) is 16.3 Å². The Morgan fingerprint density at radius 2 is 1.86 bits per heavy atom. The standard InChI is InChI=1S/C14H24N2O2S2.ClH/c1-14(2,3)12-4-5-13(19-12)20(17,18)16-8-6-11(10-15)7-9-16;/h4-5,11H,6-10,15H2,1-3H3;1H. The number of rotatable bonds is 3. The van der Waals surface area contributed by atoms with E-state index in [-0.39, 0.29) is 17.8 Å². The van der Waals surface area contributed by atoms with Gasteiger partial charge < -0.3 is 5.73 Å². The van der Waals surface area contributed by atoms with Gasteiger partial charge in [-0.1, -0.05) is 20.8 Å². The second-order valence-electron chi connectivity index (χ2n) is 6.45. The third-order valence-electron chi connectivity index (χ3n) is 3.82. The molecule has 7 heteroatoms. The molecule has 0 radical (unpaired) electrons. The summed E-state index contributed by atoms with van der Waals surface area (Å²) in [6.07, 6.45) is 1.74. The van der Waals surface area contributed by atoms with Crippen LogP contribution in [0.5, 0.6) is 0 Å². The van der Waals surface area contributed by atoms with Crippen molar-refractivity contribution in [2.75, 3.05) is 19.6 Å². The van der Waals surface area contributed by atoms with Crippen LogP contribution >= 0.6 is 23.7 Å². The van der Waals surface area contributed by atoms with E-state index >= 15 is 0 Å². The van der Waals surface area contributed by atoms with Crippen molar-refractivity contribution in [3.63, 3.8) is 0 Å². The van der Waals surface area contributed by atoms with Crippen LogP contribution in [0.2, 0.25) is 0 Å². The zero-order chi connectivity index (χ0) is 15.0. The molecule has 0 aromatic carbocycles. The summed E-state index contributed by atoms with van der Waals surface area (Å²) in [7, 11) is -3.32. The molecule has 1 aromatic rings. The summed E-state index contributed by atoms with van der Waals surface area (Å²) >= 11 is 1.39. The molecule has 2 N–H and O–H groups in total. The van der Waals surface area contributed by atoms with E-state index < -0.39 is 10.0 Å². The molecule has 2 rings (SSSR count). The zero-order valence-electron chi connectivity index (χ0n) is 12.8. The Labute approximate surface area is 138 Å². The molecule has 21 heavy (non-hydrogen) atoms. The highest BCUT2D eigenvalue weighted by Crippen LogP contribution is 2.34. The first kappa shape index (κ1) is 18.9. The van der Waals surface area contributed by atoms with Crippen molar-refractivity contribution in [2.45, 2.75) is 43.2 Å². The molecule has 0 unspecified atom stereocenters. The van der Waals surface area contributed by atoms with Crippen LogP contribution in [0, 0.1) is 5.92 Å². The number of thiophene rings is 1. The Bertz CT molecular complexity index is 556. The third-order valence-corrected chi connectivity index (χ3v) is 7.70. The van der Waals surface area contributed by atoms with Crippen LogP contribution in [0.25, 0.3) is 0 Å². The van der Waals surface area contributed by atoms with Gasteiger partial charge in [0.05, 0.1) is 0 Å². The number of halogens is 1. The first-order valence-electron chi connectivity index (χ1n) is 7.05. The zero-order valence-corrected chi connectivity index (χ0v) is 15.3. The second-order valence-corrected chi connectivity index (χ2v) is 9.70. The van der Waals surface area contributed by atoms with Crippen molar-refractivity contribution >= 4 is 33.8 Å². The van der Waals surface area contributed by atoms with Crippen LogP contribution in [-0.2, 0) is 15.4 Å². The topological polar surface area (TPSA) is 63.4 Å². The monoisotopic (exact) mass is 352 g/mol. The largest absolute Gasteiger partial charge is 0.330 e. The second kappa shape index (κ2) is 6.96. The maximum atomic E-state index is 12.6. The molecular formula is C14H25ClN2O2S2. The molecule has 4 nitrogen and oxygen atoms in total. The molecule has 0 atom stereocenters. The van der Waals surface area contributed by atoms with Crippen molar-refractivity contribution in [2.24, 2.45) is 11.7 Å². The van der Waals surface area contributed by atoms with Gasteiger partial charge in [-0.05, 0) is 42.9 Å². The van der Waals surface area contributed by atoms with Gasteiger partial charge in [0.1, 0.15) is 4.21 Å². The van der Waals surface area contributed by atoms with Crippen molar-refractivity contribution in [3.8, 4) is 0 Å². The Hall–Kier alpha value is -0.140. The third kappa shape index (κ3) is 4.20. The summed E-state index contributed by atoms with van der Waals surface area (Å²) < 4.78 is 27.3. The van der Waals surface area contributed by atoms with Gasteiger partial charge in [0.25, 0.3) is 10.0 Å². The Balaban J connectivity index is 0.00000220. The summed E-state index contributed by atoms with van der Waals surface area (Å²) in [6, 6.07) is 3.68. The predicted octanol–water partition coefficient (Wildman–Crippen LogP) is 2.83. The summed E-state index contributed by atoms with van der Waals surface area (Å²) in [5.74, 6) is 0.468. The number of nitrogens with two attached hydrogens (primary N) is 1. The molecule has 0 spiro atoms. The molecule has 1 aromatic heterocycles. The van der Waals surface area contributed by atoms with E-state index in [1.165, 1.54) is 11.3 Å². The number of sulfonamides is 1. The highest BCUT2D eigenvalue weighted by Gasteiger charge is 2.31. The Morgan fingerprint density at radius 3 is 2.29 bits per heavy atom. The summed E-state index contributed by atoms with van der Waals surface area (Å²) in [5.41, 5.74) is 5.65. The molecule has 0 aliphatic carbocycles. The number of hydrogen-bond donors (Lipinski definition) is 1. The fourth-order valence-corrected chi connectivity index (χ4v) is 5.36. The smallest absolute Gasteiger partial charge is 0.252 e. The SMILES string of the molecule is CC(C)(C)c1ccc(S(=O)(=O)N2CCC(CN)CC2)s1.Cl. The molecule has 1 aliphatic rings. The molecule has 2 heterocycles. The van der Waals surface area contributed by atoms with Crippen LogP contribution in [-0.4, -0.2) is 32.4 Å². The van der Waals surface area contributed by atoms with Gasteiger partial charge in [0.15, 0.2) is 0 Å². The van der Waals surface area contributed by atoms with Gasteiger partial charge in [-0.3, -0.25) is 0 Å². The average molecular weight is 353 g/mol. The minimum absolute atomic E-state index is 0. The fraction of sp³-hybridized carbons (Fsp3) is 0.714. The highest BCUT2D eigenvalue weighted by atomic mass is 35.5.